The van der Waals surface area contributed by atoms with Gasteiger partial charge in [-0.05, 0) is 56.1 Å². The van der Waals surface area contributed by atoms with Crippen LogP contribution in [0.3, 0.4) is 0 Å². The van der Waals surface area contributed by atoms with Crippen molar-refractivity contribution in [2.24, 2.45) is 28.6 Å². The molecule has 8 heteroatoms. The largest absolute Gasteiger partial charge is 0.462 e. The molecule has 0 amide bonds. The highest BCUT2D eigenvalue weighted by molar-refractivity contribution is 6.01. The van der Waals surface area contributed by atoms with Gasteiger partial charge in [-0.2, -0.15) is 0 Å². The van der Waals surface area contributed by atoms with E-state index in [4.69, 9.17) is 18.9 Å². The zero-order chi connectivity index (χ0) is 26.8. The lowest BCUT2D eigenvalue weighted by Gasteiger charge is -2.60. The van der Waals surface area contributed by atoms with E-state index < -0.39 is 40.9 Å². The predicted octanol–water partition coefficient (Wildman–Crippen LogP) is 3.86. The molecule has 0 aromatic heterocycles. The number of ether oxygens (including phenoxy) is 4. The second-order valence-electron chi connectivity index (χ2n) is 11.9. The molecule has 202 valence electrons. The molecular weight excluding hydrogens is 476 g/mol. The van der Waals surface area contributed by atoms with Gasteiger partial charge in [0.15, 0.2) is 24.3 Å². The molecule has 4 fully saturated rings. The molecule has 0 radical (unpaired) electrons. The molecule has 37 heavy (non-hydrogen) atoms. The van der Waals surface area contributed by atoms with Crippen LogP contribution in [0.4, 0.5) is 0 Å². The first-order chi connectivity index (χ1) is 17.5. The molecule has 0 N–H and O–H groups in total. The Hall–Kier alpha value is -2.32. The van der Waals surface area contributed by atoms with Crippen molar-refractivity contribution in [3.8, 4) is 0 Å². The van der Waals surface area contributed by atoms with Gasteiger partial charge in [-0.25, -0.2) is 0 Å². The van der Waals surface area contributed by atoms with E-state index in [1.165, 1.54) is 13.8 Å². The van der Waals surface area contributed by atoms with Crippen molar-refractivity contribution in [1.29, 1.82) is 0 Å². The standard InChI is InChI=1S/C29H38O8/c1-6-7-25-36-24-13-21-20-9-8-18-12-19(32)10-11-27(18,4)26(20)22(35-17(3)31)14-28(21,5)29(24,37-25)23(33)15-34-16(2)30/h10-12,20-22,24-26H,6-9,13-15H2,1-5H3/t20?,21?,22?,24-,25?,26?,27?,28?,29-/m1/s1. The van der Waals surface area contributed by atoms with Crippen LogP contribution in [0.1, 0.15) is 73.1 Å². The van der Waals surface area contributed by atoms with Gasteiger partial charge >= 0.3 is 11.9 Å². The van der Waals surface area contributed by atoms with Crippen LogP contribution in [-0.2, 0) is 38.1 Å². The number of fused-ring (bicyclic) bond motifs is 7. The van der Waals surface area contributed by atoms with Crippen LogP contribution in [0.2, 0.25) is 0 Å². The molecule has 0 aromatic carbocycles. The van der Waals surface area contributed by atoms with E-state index in [0.717, 1.165) is 24.8 Å². The minimum absolute atomic E-state index is 0.00945. The summed E-state index contributed by atoms with van der Waals surface area (Å²) in [6.45, 7) is 8.57. The van der Waals surface area contributed by atoms with Crippen molar-refractivity contribution in [2.45, 2.75) is 97.2 Å². The van der Waals surface area contributed by atoms with Crippen molar-refractivity contribution in [1.82, 2.24) is 0 Å². The number of carbonyl (C=O) groups excluding carboxylic acids is 4. The Morgan fingerprint density at radius 3 is 2.59 bits per heavy atom. The van der Waals surface area contributed by atoms with E-state index in [1.807, 2.05) is 13.0 Å². The van der Waals surface area contributed by atoms with Gasteiger partial charge in [0, 0.05) is 30.6 Å². The highest BCUT2D eigenvalue weighted by Gasteiger charge is 2.76. The highest BCUT2D eigenvalue weighted by atomic mass is 16.7. The monoisotopic (exact) mass is 514 g/mol. The van der Waals surface area contributed by atoms with Crippen molar-refractivity contribution in [2.75, 3.05) is 6.61 Å². The van der Waals surface area contributed by atoms with E-state index in [-0.39, 0.29) is 41.9 Å². The van der Waals surface area contributed by atoms with Crippen molar-refractivity contribution in [3.63, 3.8) is 0 Å². The average molecular weight is 515 g/mol. The van der Waals surface area contributed by atoms with Gasteiger partial charge in [-0.15, -0.1) is 0 Å². The van der Waals surface area contributed by atoms with Crippen molar-refractivity contribution >= 4 is 23.5 Å². The molecule has 3 saturated carbocycles. The number of hydrogen-bond donors (Lipinski definition) is 0. The summed E-state index contributed by atoms with van der Waals surface area (Å²) in [7, 11) is 0. The van der Waals surface area contributed by atoms with Gasteiger partial charge in [0.25, 0.3) is 0 Å². The first-order valence-electron chi connectivity index (χ1n) is 13.6. The average Bonchev–Trinajstić information content (AvgIpc) is 3.29. The maximum atomic E-state index is 13.9. The van der Waals surface area contributed by atoms with Crippen LogP contribution in [-0.4, -0.2) is 54.2 Å². The van der Waals surface area contributed by atoms with Crippen LogP contribution in [0.25, 0.3) is 0 Å². The van der Waals surface area contributed by atoms with Crippen molar-refractivity contribution in [3.05, 3.63) is 23.8 Å². The molecule has 9 atom stereocenters. The van der Waals surface area contributed by atoms with Crippen LogP contribution >= 0.6 is 0 Å². The number of ketones is 2. The summed E-state index contributed by atoms with van der Waals surface area (Å²) in [5.41, 5.74) is -1.32. The van der Waals surface area contributed by atoms with Crippen LogP contribution in [0, 0.1) is 28.6 Å². The maximum absolute atomic E-state index is 13.9. The fourth-order valence-electron chi connectivity index (χ4n) is 8.57. The molecule has 0 spiro atoms. The van der Waals surface area contributed by atoms with Crippen LogP contribution in [0.15, 0.2) is 23.8 Å². The Bertz CT molecular complexity index is 1080. The first kappa shape index (κ1) is 26.3. The van der Waals surface area contributed by atoms with E-state index in [9.17, 15) is 19.2 Å². The second kappa shape index (κ2) is 9.16. The number of allylic oxidation sites excluding steroid dienone is 4. The summed E-state index contributed by atoms with van der Waals surface area (Å²) in [6, 6.07) is 0. The second-order valence-corrected chi connectivity index (χ2v) is 11.9. The number of Topliss-reactive ketones (excluding diaryl/α,β-unsaturated/α-hetero) is 1. The zero-order valence-corrected chi connectivity index (χ0v) is 22.4. The minimum atomic E-state index is -1.29. The summed E-state index contributed by atoms with van der Waals surface area (Å²) in [5.74, 6) is -1.03. The summed E-state index contributed by atoms with van der Waals surface area (Å²) in [4.78, 5) is 50.1. The minimum Gasteiger partial charge on any atom is -0.462 e. The number of hydrogen-bond acceptors (Lipinski definition) is 8. The molecule has 0 aromatic rings. The lowest BCUT2D eigenvalue weighted by Crippen LogP contribution is -2.64. The summed E-state index contributed by atoms with van der Waals surface area (Å²) in [5, 5.41) is 0. The Balaban J connectivity index is 1.59. The molecule has 1 aliphatic heterocycles. The summed E-state index contributed by atoms with van der Waals surface area (Å²) < 4.78 is 24.2. The molecule has 4 aliphatic carbocycles. The fourth-order valence-corrected chi connectivity index (χ4v) is 8.57. The Kier molecular flexibility index (Phi) is 6.51. The third-order valence-electron chi connectivity index (χ3n) is 9.93. The predicted molar refractivity (Wildman–Crippen MR) is 132 cm³/mol. The van der Waals surface area contributed by atoms with Gasteiger partial charge in [-0.3, -0.25) is 19.2 Å². The number of carbonyl (C=O) groups is 4. The lowest BCUT2D eigenvalue weighted by atomic mass is 9.46. The molecule has 8 nitrogen and oxygen atoms in total. The molecule has 1 heterocycles. The third kappa shape index (κ3) is 3.85. The van der Waals surface area contributed by atoms with Crippen molar-refractivity contribution < 1.29 is 38.1 Å². The van der Waals surface area contributed by atoms with Gasteiger partial charge < -0.3 is 18.9 Å². The third-order valence-corrected chi connectivity index (χ3v) is 9.93. The van der Waals surface area contributed by atoms with Gasteiger partial charge in [0.2, 0.25) is 5.78 Å². The summed E-state index contributed by atoms with van der Waals surface area (Å²) >= 11 is 0. The van der Waals surface area contributed by atoms with Crippen LogP contribution < -0.4 is 0 Å². The SMILES string of the molecule is CCCC1O[C@@H]2CC3C4CCC5=CC(=O)C=CC5(C)C4C(OC(C)=O)CC3(C)[C@]2(C(=O)COC(C)=O)O1. The van der Waals surface area contributed by atoms with Gasteiger partial charge in [0.05, 0.1) is 6.10 Å². The fraction of sp³-hybridized carbons (Fsp3) is 0.724. The number of esters is 2. The topological polar surface area (TPSA) is 105 Å². The highest BCUT2D eigenvalue weighted by Crippen LogP contribution is 2.70. The van der Waals surface area contributed by atoms with Gasteiger partial charge in [0.1, 0.15) is 6.10 Å². The van der Waals surface area contributed by atoms with Gasteiger partial charge in [-0.1, -0.05) is 38.8 Å². The Labute approximate surface area is 218 Å². The molecule has 1 saturated heterocycles. The Morgan fingerprint density at radius 2 is 1.92 bits per heavy atom. The first-order valence-corrected chi connectivity index (χ1v) is 13.6. The van der Waals surface area contributed by atoms with Crippen LogP contribution in [0.5, 0.6) is 0 Å². The smallest absolute Gasteiger partial charge is 0.303 e. The maximum Gasteiger partial charge on any atom is 0.303 e. The van der Waals surface area contributed by atoms with E-state index in [0.29, 0.717) is 19.3 Å². The number of rotatable bonds is 6. The quantitative estimate of drug-likeness (QED) is 0.492. The van der Waals surface area contributed by atoms with E-state index in [2.05, 4.69) is 13.8 Å². The molecular formula is C29H38O8. The summed E-state index contributed by atoms with van der Waals surface area (Å²) in [6.07, 6.45) is 8.07. The molecule has 0 bridgehead atoms. The van der Waals surface area contributed by atoms with E-state index in [1.54, 1.807) is 12.2 Å². The van der Waals surface area contributed by atoms with E-state index >= 15 is 0 Å². The molecule has 5 rings (SSSR count). The normalized spacial score (nSPS) is 43.7. The lowest BCUT2D eigenvalue weighted by molar-refractivity contribution is -0.208. The zero-order valence-electron chi connectivity index (χ0n) is 22.4. The molecule has 5 aliphatic rings. The Morgan fingerprint density at radius 1 is 1.16 bits per heavy atom. The molecule has 7 unspecified atom stereocenters.